The highest BCUT2D eigenvalue weighted by molar-refractivity contribution is 6.30. The first-order valence-corrected chi connectivity index (χ1v) is 6.83. The lowest BCUT2D eigenvalue weighted by atomic mass is 10.0. The summed E-state index contributed by atoms with van der Waals surface area (Å²) in [6, 6.07) is 5.64. The number of methoxy groups -OCH3 is 1. The number of hydrogen-bond donors (Lipinski definition) is 1. The molecule has 0 bridgehead atoms. The minimum absolute atomic E-state index is 0. The van der Waals surface area contributed by atoms with Gasteiger partial charge in [0.2, 0.25) is 0 Å². The Bertz CT molecular complexity index is 460. The van der Waals surface area contributed by atoms with Crippen molar-refractivity contribution in [1.82, 2.24) is 10.2 Å². The number of ether oxygens (including phenoxy) is 1. The van der Waals surface area contributed by atoms with Crippen LogP contribution in [0.15, 0.2) is 18.2 Å². The first-order chi connectivity index (χ1) is 9.15. The molecule has 20 heavy (non-hydrogen) atoms. The van der Waals surface area contributed by atoms with Crippen LogP contribution in [0, 0.1) is 0 Å². The quantitative estimate of drug-likeness (QED) is 0.931. The normalized spacial score (nSPS) is 15.7. The fraction of sp³-hybridized carbons (Fsp3) is 0.500. The van der Waals surface area contributed by atoms with Crippen molar-refractivity contribution in [2.45, 2.75) is 18.9 Å². The fourth-order valence-corrected chi connectivity index (χ4v) is 2.55. The largest absolute Gasteiger partial charge is 0.496 e. The molecule has 1 amide bonds. The van der Waals surface area contributed by atoms with Gasteiger partial charge in [0.15, 0.2) is 0 Å². The molecule has 1 aromatic carbocycles. The zero-order valence-electron chi connectivity index (χ0n) is 11.7. The number of nitrogens with zero attached hydrogens (tertiary/aromatic N) is 1. The molecule has 2 rings (SSSR count). The highest BCUT2D eigenvalue weighted by Gasteiger charge is 2.24. The number of benzene rings is 1. The van der Waals surface area contributed by atoms with Gasteiger partial charge in [-0.25, -0.2) is 0 Å². The molecule has 6 heteroatoms. The van der Waals surface area contributed by atoms with Gasteiger partial charge in [0.1, 0.15) is 5.75 Å². The number of likely N-dealkylation sites (tertiary alicyclic amines) is 1. The Labute approximate surface area is 130 Å². The molecule has 1 heterocycles. The lowest BCUT2D eigenvalue weighted by molar-refractivity contribution is 0.0704. The molecule has 0 aliphatic carbocycles. The molecule has 1 saturated heterocycles. The van der Waals surface area contributed by atoms with Crippen LogP contribution in [0.5, 0.6) is 5.75 Å². The van der Waals surface area contributed by atoms with E-state index in [1.165, 1.54) is 0 Å². The van der Waals surface area contributed by atoms with Crippen LogP contribution < -0.4 is 10.1 Å². The molecule has 0 radical (unpaired) electrons. The molecule has 0 atom stereocenters. The summed E-state index contributed by atoms with van der Waals surface area (Å²) in [4.78, 5) is 14.3. The minimum Gasteiger partial charge on any atom is -0.496 e. The standard InChI is InChI=1S/C14H19ClN2O2.ClH/c1-16-11-5-7-17(8-6-11)14(18)12-4-3-10(15)9-13(12)19-2;/h3-4,9,11,16H,5-8H2,1-2H3;1H. The molecule has 1 aliphatic heterocycles. The van der Waals surface area contributed by atoms with Gasteiger partial charge in [-0.2, -0.15) is 0 Å². The lowest BCUT2D eigenvalue weighted by Crippen LogP contribution is -2.44. The third kappa shape index (κ3) is 3.78. The summed E-state index contributed by atoms with van der Waals surface area (Å²) in [5, 5.41) is 3.82. The van der Waals surface area contributed by atoms with Crippen molar-refractivity contribution in [2.75, 3.05) is 27.2 Å². The number of halogens is 2. The first kappa shape index (κ1) is 17.1. The maximum atomic E-state index is 12.5. The molecule has 4 nitrogen and oxygen atoms in total. The van der Waals surface area contributed by atoms with Gasteiger partial charge >= 0.3 is 0 Å². The van der Waals surface area contributed by atoms with Crippen molar-refractivity contribution in [3.05, 3.63) is 28.8 Å². The summed E-state index contributed by atoms with van der Waals surface area (Å²) in [7, 11) is 3.51. The van der Waals surface area contributed by atoms with Gasteiger partial charge < -0.3 is 15.0 Å². The molecule has 1 aliphatic rings. The smallest absolute Gasteiger partial charge is 0.257 e. The fourth-order valence-electron chi connectivity index (χ4n) is 2.38. The third-order valence-corrected chi connectivity index (χ3v) is 3.82. The molecule has 0 aromatic heterocycles. The average Bonchev–Trinajstić information content (AvgIpc) is 2.46. The Morgan fingerprint density at radius 2 is 2.05 bits per heavy atom. The van der Waals surface area contributed by atoms with Crippen LogP contribution in [-0.4, -0.2) is 44.1 Å². The molecule has 0 saturated carbocycles. The van der Waals surface area contributed by atoms with Crippen molar-refractivity contribution in [3.63, 3.8) is 0 Å². The van der Waals surface area contributed by atoms with Crippen molar-refractivity contribution >= 4 is 29.9 Å². The van der Waals surface area contributed by atoms with E-state index in [1.54, 1.807) is 25.3 Å². The molecule has 1 N–H and O–H groups in total. The van der Waals surface area contributed by atoms with Crippen molar-refractivity contribution in [1.29, 1.82) is 0 Å². The van der Waals surface area contributed by atoms with Crippen LogP contribution >= 0.6 is 24.0 Å². The van der Waals surface area contributed by atoms with E-state index >= 15 is 0 Å². The maximum absolute atomic E-state index is 12.5. The van der Waals surface area contributed by atoms with E-state index in [0.717, 1.165) is 25.9 Å². The predicted octanol–water partition coefficient (Wildman–Crippen LogP) is 2.59. The lowest BCUT2D eigenvalue weighted by Gasteiger charge is -2.32. The SMILES string of the molecule is CNC1CCN(C(=O)c2ccc(Cl)cc2OC)CC1.Cl. The Balaban J connectivity index is 0.00000200. The van der Waals surface area contributed by atoms with E-state index in [1.807, 2.05) is 11.9 Å². The van der Waals surface area contributed by atoms with Crippen LogP contribution in [-0.2, 0) is 0 Å². The predicted molar refractivity (Wildman–Crippen MR) is 83.2 cm³/mol. The molecular formula is C14H20Cl2N2O2. The number of carbonyl (C=O) groups is 1. The van der Waals surface area contributed by atoms with Crippen molar-refractivity contribution in [2.24, 2.45) is 0 Å². The van der Waals surface area contributed by atoms with E-state index in [0.29, 0.717) is 22.4 Å². The van der Waals surface area contributed by atoms with Gasteiger partial charge in [-0.1, -0.05) is 11.6 Å². The second-order valence-electron chi connectivity index (χ2n) is 4.70. The number of carbonyl (C=O) groups excluding carboxylic acids is 1. The Hall–Kier alpha value is -0.970. The Morgan fingerprint density at radius 1 is 1.40 bits per heavy atom. The van der Waals surface area contributed by atoms with Crippen molar-refractivity contribution in [3.8, 4) is 5.75 Å². The second kappa shape index (κ2) is 7.72. The van der Waals surface area contributed by atoms with Crippen LogP contribution in [0.25, 0.3) is 0 Å². The summed E-state index contributed by atoms with van der Waals surface area (Å²) in [6.45, 7) is 1.55. The zero-order valence-corrected chi connectivity index (χ0v) is 13.3. The molecule has 1 aromatic rings. The van der Waals surface area contributed by atoms with Gasteiger partial charge in [0, 0.05) is 24.2 Å². The number of rotatable bonds is 3. The van der Waals surface area contributed by atoms with Gasteiger partial charge in [0.05, 0.1) is 12.7 Å². The maximum Gasteiger partial charge on any atom is 0.257 e. The summed E-state index contributed by atoms with van der Waals surface area (Å²) in [6.07, 6.45) is 1.97. The Kier molecular flexibility index (Phi) is 6.59. The van der Waals surface area contributed by atoms with Crippen LogP contribution in [0.4, 0.5) is 0 Å². The van der Waals surface area contributed by atoms with Gasteiger partial charge in [0.25, 0.3) is 5.91 Å². The average molecular weight is 319 g/mol. The van der Waals surface area contributed by atoms with Crippen molar-refractivity contribution < 1.29 is 9.53 Å². The minimum atomic E-state index is 0. The monoisotopic (exact) mass is 318 g/mol. The molecule has 0 unspecified atom stereocenters. The summed E-state index contributed by atoms with van der Waals surface area (Å²) >= 11 is 5.91. The van der Waals surface area contributed by atoms with Crippen LogP contribution in [0.3, 0.4) is 0 Å². The number of amides is 1. The van der Waals surface area contributed by atoms with E-state index in [2.05, 4.69) is 5.32 Å². The van der Waals surface area contributed by atoms with Gasteiger partial charge in [-0.3, -0.25) is 4.79 Å². The number of nitrogens with one attached hydrogen (secondary N) is 1. The van der Waals surface area contributed by atoms with E-state index in [9.17, 15) is 4.79 Å². The summed E-state index contributed by atoms with van der Waals surface area (Å²) < 4.78 is 5.24. The van der Waals surface area contributed by atoms with Crippen LogP contribution in [0.1, 0.15) is 23.2 Å². The second-order valence-corrected chi connectivity index (χ2v) is 5.14. The first-order valence-electron chi connectivity index (χ1n) is 6.45. The summed E-state index contributed by atoms with van der Waals surface area (Å²) in [5.41, 5.74) is 0.579. The summed E-state index contributed by atoms with van der Waals surface area (Å²) in [5.74, 6) is 0.552. The van der Waals surface area contributed by atoms with Gasteiger partial charge in [-0.15, -0.1) is 12.4 Å². The molecular weight excluding hydrogens is 299 g/mol. The van der Waals surface area contributed by atoms with E-state index < -0.39 is 0 Å². The van der Waals surface area contributed by atoms with E-state index in [-0.39, 0.29) is 18.3 Å². The third-order valence-electron chi connectivity index (χ3n) is 3.58. The molecule has 0 spiro atoms. The number of piperidine rings is 1. The molecule has 112 valence electrons. The highest BCUT2D eigenvalue weighted by atomic mass is 35.5. The highest BCUT2D eigenvalue weighted by Crippen LogP contribution is 2.25. The Morgan fingerprint density at radius 3 is 2.60 bits per heavy atom. The van der Waals surface area contributed by atoms with Crippen LogP contribution in [0.2, 0.25) is 5.02 Å². The molecule has 1 fully saturated rings. The van der Waals surface area contributed by atoms with Gasteiger partial charge in [-0.05, 0) is 38.1 Å². The zero-order chi connectivity index (χ0) is 13.8. The number of hydrogen-bond acceptors (Lipinski definition) is 3. The topological polar surface area (TPSA) is 41.6 Å². The van der Waals surface area contributed by atoms with E-state index in [4.69, 9.17) is 16.3 Å².